The highest BCUT2D eigenvalue weighted by Crippen LogP contribution is 2.68. The molecule has 0 amide bonds. The molecule has 5 heteroatoms. The van der Waals surface area contributed by atoms with Crippen LogP contribution in [0.4, 0.5) is 17.1 Å². The van der Waals surface area contributed by atoms with Crippen molar-refractivity contribution in [1.29, 1.82) is 0 Å². The molecule has 0 unspecified atom stereocenters. The van der Waals surface area contributed by atoms with Gasteiger partial charge < -0.3 is 14.5 Å². The third kappa shape index (κ3) is 6.07. The number of para-hydroxylation sites is 2. The molecule has 0 saturated carbocycles. The van der Waals surface area contributed by atoms with Crippen molar-refractivity contribution in [3.8, 4) is 28.4 Å². The average molecular weight is 869 g/mol. The van der Waals surface area contributed by atoms with E-state index < -0.39 is 5.41 Å². The SMILES string of the molecule is Cc1cccc(-n2c3ccccc3c3ccc(Oc4ccc5c(c4)N4CN(C)c6cccc(c64)C54c5c(cc(C(C)(C)C)cc5C(C)(C)C)-c5cc(C(C)(C)C)cc(C(C)(C)C)c54)cc32)n1. The molecule has 2 aliphatic heterocycles. The largest absolute Gasteiger partial charge is 0.457 e. The second kappa shape index (κ2) is 13.9. The lowest BCUT2D eigenvalue weighted by atomic mass is 9.59. The molecule has 0 atom stereocenters. The van der Waals surface area contributed by atoms with Crippen molar-refractivity contribution < 1.29 is 4.74 Å². The lowest BCUT2D eigenvalue weighted by molar-refractivity contribution is 0.482. The summed E-state index contributed by atoms with van der Waals surface area (Å²) in [5.74, 6) is 2.50. The van der Waals surface area contributed by atoms with Crippen molar-refractivity contribution in [2.75, 3.05) is 23.5 Å². The van der Waals surface area contributed by atoms with Crippen molar-refractivity contribution in [3.05, 3.63) is 172 Å². The predicted octanol–water partition coefficient (Wildman–Crippen LogP) is 15.7. The van der Waals surface area contributed by atoms with Gasteiger partial charge in [0, 0.05) is 35.6 Å². The Balaban J connectivity index is 1.21. The number of rotatable bonds is 3. The van der Waals surface area contributed by atoms with Crippen LogP contribution in [0.2, 0.25) is 0 Å². The number of aryl methyl sites for hydroxylation is 1. The molecule has 2 aromatic heterocycles. The highest BCUT2D eigenvalue weighted by molar-refractivity contribution is 6.09. The van der Waals surface area contributed by atoms with Crippen molar-refractivity contribution in [2.24, 2.45) is 0 Å². The zero-order chi connectivity index (χ0) is 46.6. The summed E-state index contributed by atoms with van der Waals surface area (Å²) in [4.78, 5) is 9.95. The minimum atomic E-state index is -0.607. The Kier molecular flexibility index (Phi) is 8.88. The smallest absolute Gasteiger partial charge is 0.137 e. The maximum atomic E-state index is 7.07. The summed E-state index contributed by atoms with van der Waals surface area (Å²) in [6.45, 7) is 31.5. The van der Waals surface area contributed by atoms with E-state index in [1.54, 1.807) is 0 Å². The summed E-state index contributed by atoms with van der Waals surface area (Å²) in [5, 5.41) is 2.37. The van der Waals surface area contributed by atoms with Gasteiger partial charge in [0.05, 0.1) is 40.2 Å². The lowest BCUT2D eigenvalue weighted by Crippen LogP contribution is -2.40. The fourth-order valence-electron chi connectivity index (χ4n) is 11.5. The average Bonchev–Trinajstić information content (AvgIpc) is 3.87. The summed E-state index contributed by atoms with van der Waals surface area (Å²) in [5.41, 5.74) is 19.7. The van der Waals surface area contributed by atoms with E-state index in [2.05, 4.69) is 233 Å². The van der Waals surface area contributed by atoms with Crippen LogP contribution in [0, 0.1) is 6.92 Å². The monoisotopic (exact) mass is 869 g/mol. The number of hydrogen-bond donors (Lipinski definition) is 0. The van der Waals surface area contributed by atoms with Gasteiger partial charge in [0.25, 0.3) is 0 Å². The molecule has 334 valence electrons. The number of aromatic nitrogens is 2. The molecule has 5 nitrogen and oxygen atoms in total. The lowest BCUT2D eigenvalue weighted by Gasteiger charge is -2.46. The van der Waals surface area contributed by atoms with E-state index in [9.17, 15) is 0 Å². The molecule has 1 aliphatic carbocycles. The van der Waals surface area contributed by atoms with Crippen LogP contribution in [-0.4, -0.2) is 23.3 Å². The van der Waals surface area contributed by atoms with Crippen molar-refractivity contribution in [2.45, 2.75) is 117 Å². The molecule has 8 aromatic rings. The standard InChI is InChI=1S/C61H64N4O/c1-36-19-17-24-53(62-36)65-49-22-16-15-20-41(49)42-27-25-39(33-51(42)65)66-40-26-28-45-52(34-40)64-35-63(14)50-23-18-21-46(56(50)64)61(45)54-43(29-37(57(2,3)4)31-47(54)59(8,9)10)44-30-38(58(5,6)7)32-48(55(44)61)60(11,12)13/h15-34H,35H2,1-14H3. The first kappa shape index (κ1) is 42.3. The maximum absolute atomic E-state index is 7.07. The highest BCUT2D eigenvalue weighted by atomic mass is 16.5. The zero-order valence-electron chi connectivity index (χ0n) is 41.5. The molecular weight excluding hydrogens is 805 g/mol. The van der Waals surface area contributed by atoms with Crippen molar-refractivity contribution in [3.63, 3.8) is 0 Å². The summed E-state index contributed by atoms with van der Waals surface area (Å²) in [6, 6.07) is 45.6. The fraction of sp³-hybridized carbons (Fsp3) is 0.328. The number of fused-ring (bicyclic) bond motifs is 12. The van der Waals surface area contributed by atoms with Crippen LogP contribution in [0.15, 0.2) is 121 Å². The Morgan fingerprint density at radius 1 is 0.530 bits per heavy atom. The van der Waals surface area contributed by atoms with Crippen LogP contribution in [0.3, 0.4) is 0 Å². The highest BCUT2D eigenvalue weighted by Gasteiger charge is 2.57. The van der Waals surface area contributed by atoms with Crippen LogP contribution in [-0.2, 0) is 27.1 Å². The molecule has 0 bridgehead atoms. The Morgan fingerprint density at radius 2 is 1.12 bits per heavy atom. The predicted molar refractivity (Wildman–Crippen MR) is 277 cm³/mol. The third-order valence-electron chi connectivity index (χ3n) is 14.8. The van der Waals surface area contributed by atoms with Gasteiger partial charge >= 0.3 is 0 Å². The summed E-state index contributed by atoms with van der Waals surface area (Å²) < 4.78 is 9.33. The van der Waals surface area contributed by atoms with Crippen LogP contribution < -0.4 is 14.5 Å². The summed E-state index contributed by atoms with van der Waals surface area (Å²) >= 11 is 0. The van der Waals surface area contributed by atoms with Gasteiger partial charge in [-0.05, 0) is 127 Å². The van der Waals surface area contributed by atoms with Crippen molar-refractivity contribution in [1.82, 2.24) is 9.55 Å². The van der Waals surface area contributed by atoms with E-state index in [0.717, 1.165) is 40.7 Å². The topological polar surface area (TPSA) is 33.5 Å². The van der Waals surface area contributed by atoms with Gasteiger partial charge in [-0.15, -0.1) is 0 Å². The van der Waals surface area contributed by atoms with Gasteiger partial charge in [0.2, 0.25) is 0 Å². The summed E-state index contributed by atoms with van der Waals surface area (Å²) in [7, 11) is 2.24. The maximum Gasteiger partial charge on any atom is 0.137 e. The Morgan fingerprint density at radius 3 is 1.74 bits per heavy atom. The molecule has 1 spiro atoms. The number of nitrogens with zero attached hydrogens (tertiary/aromatic N) is 4. The molecule has 0 radical (unpaired) electrons. The molecule has 4 heterocycles. The second-order valence-electron chi connectivity index (χ2n) is 23.5. The molecule has 11 rings (SSSR count). The van der Waals surface area contributed by atoms with E-state index in [1.165, 1.54) is 83.5 Å². The molecule has 66 heavy (non-hydrogen) atoms. The van der Waals surface area contributed by atoms with Gasteiger partial charge in [0.15, 0.2) is 0 Å². The first-order valence-corrected chi connectivity index (χ1v) is 23.9. The second-order valence-corrected chi connectivity index (χ2v) is 23.5. The number of benzene rings is 6. The van der Waals surface area contributed by atoms with Gasteiger partial charge in [0.1, 0.15) is 17.3 Å². The van der Waals surface area contributed by atoms with Crippen LogP contribution in [0.1, 0.15) is 133 Å². The number of ether oxygens (including phenoxy) is 1. The van der Waals surface area contributed by atoms with Crippen LogP contribution >= 0.6 is 0 Å². The molecule has 0 fully saturated rings. The normalized spacial score (nSPS) is 15.1. The van der Waals surface area contributed by atoms with Gasteiger partial charge in [-0.2, -0.15) is 0 Å². The first-order valence-electron chi connectivity index (χ1n) is 23.9. The van der Waals surface area contributed by atoms with Gasteiger partial charge in [-0.3, -0.25) is 4.57 Å². The molecule has 0 saturated heterocycles. The fourth-order valence-corrected chi connectivity index (χ4v) is 11.5. The van der Waals surface area contributed by atoms with E-state index in [1.807, 2.05) is 0 Å². The quantitative estimate of drug-likeness (QED) is 0.177. The number of hydrogen-bond acceptors (Lipinski definition) is 4. The zero-order valence-corrected chi connectivity index (χ0v) is 41.5. The molecule has 6 aromatic carbocycles. The van der Waals surface area contributed by atoms with Crippen molar-refractivity contribution >= 4 is 38.9 Å². The van der Waals surface area contributed by atoms with Crippen LogP contribution in [0.5, 0.6) is 11.5 Å². The summed E-state index contributed by atoms with van der Waals surface area (Å²) in [6.07, 6.45) is 0. The van der Waals surface area contributed by atoms with Crippen LogP contribution in [0.25, 0.3) is 38.8 Å². The molecule has 0 N–H and O–H groups in total. The Labute approximate surface area is 392 Å². The van der Waals surface area contributed by atoms with E-state index in [4.69, 9.17) is 9.72 Å². The minimum Gasteiger partial charge on any atom is -0.457 e. The third-order valence-corrected chi connectivity index (χ3v) is 14.8. The minimum absolute atomic E-state index is 0.0441. The Hall–Kier alpha value is -6.33. The Bertz CT molecular complexity index is 3260. The van der Waals surface area contributed by atoms with Gasteiger partial charge in [-0.1, -0.05) is 150 Å². The van der Waals surface area contributed by atoms with E-state index in [0.29, 0.717) is 0 Å². The molecule has 3 aliphatic rings. The first-order chi connectivity index (χ1) is 31.1. The van der Waals surface area contributed by atoms with E-state index in [-0.39, 0.29) is 21.7 Å². The number of anilines is 3. The van der Waals surface area contributed by atoms with Gasteiger partial charge in [-0.25, -0.2) is 4.98 Å². The number of pyridine rings is 1. The van der Waals surface area contributed by atoms with E-state index >= 15 is 0 Å². The molecular formula is C61H64N4O.